The number of aliphatic hydroxyl groups excluding tert-OH is 1. The molecule has 0 radical (unpaired) electrons. The van der Waals surface area contributed by atoms with Crippen molar-refractivity contribution in [2.75, 3.05) is 19.0 Å². The standard InChI is InChI=1S/C13H17ClN4O2/c1-20-13-4-3-10(14)7-12(13)15-8-11-9-18(17-16-11)5-2-6-19/h3-4,7,9,15,19H,2,5-6,8H2,1H3. The van der Waals surface area contributed by atoms with E-state index in [1.54, 1.807) is 23.9 Å². The summed E-state index contributed by atoms with van der Waals surface area (Å²) in [6.07, 6.45) is 2.51. The number of nitrogens with one attached hydrogen (secondary N) is 1. The molecule has 0 unspecified atom stereocenters. The summed E-state index contributed by atoms with van der Waals surface area (Å²) in [4.78, 5) is 0. The molecule has 0 atom stereocenters. The van der Waals surface area contributed by atoms with Gasteiger partial charge in [-0.2, -0.15) is 0 Å². The van der Waals surface area contributed by atoms with Crippen LogP contribution in [0, 0.1) is 0 Å². The molecule has 0 aliphatic carbocycles. The topological polar surface area (TPSA) is 72.2 Å². The number of aliphatic hydroxyl groups is 1. The fourth-order valence-electron chi connectivity index (χ4n) is 1.77. The number of halogens is 1. The van der Waals surface area contributed by atoms with E-state index in [2.05, 4.69) is 15.6 Å². The van der Waals surface area contributed by atoms with Gasteiger partial charge in [0, 0.05) is 18.2 Å². The third-order valence-corrected chi connectivity index (χ3v) is 2.99. The van der Waals surface area contributed by atoms with E-state index in [4.69, 9.17) is 21.4 Å². The number of hydrogen-bond acceptors (Lipinski definition) is 5. The zero-order valence-electron chi connectivity index (χ0n) is 11.2. The van der Waals surface area contributed by atoms with Gasteiger partial charge in [-0.3, -0.25) is 4.68 Å². The maximum absolute atomic E-state index is 8.77. The van der Waals surface area contributed by atoms with Gasteiger partial charge in [0.15, 0.2) is 0 Å². The first-order chi connectivity index (χ1) is 9.72. The number of hydrogen-bond donors (Lipinski definition) is 2. The molecule has 0 saturated carbocycles. The second kappa shape index (κ2) is 7.12. The molecule has 0 fully saturated rings. The van der Waals surface area contributed by atoms with Crippen molar-refractivity contribution in [3.8, 4) is 5.75 Å². The van der Waals surface area contributed by atoms with Crippen molar-refractivity contribution in [2.24, 2.45) is 0 Å². The van der Waals surface area contributed by atoms with Gasteiger partial charge in [-0.25, -0.2) is 0 Å². The van der Waals surface area contributed by atoms with Crippen LogP contribution in [0.4, 0.5) is 5.69 Å². The van der Waals surface area contributed by atoms with Gasteiger partial charge < -0.3 is 15.2 Å². The Bertz CT molecular complexity index is 559. The highest BCUT2D eigenvalue weighted by Crippen LogP contribution is 2.27. The lowest BCUT2D eigenvalue weighted by Crippen LogP contribution is -2.02. The van der Waals surface area contributed by atoms with Crippen molar-refractivity contribution in [1.29, 1.82) is 0 Å². The number of benzene rings is 1. The minimum atomic E-state index is 0.146. The van der Waals surface area contributed by atoms with E-state index in [0.29, 0.717) is 24.5 Å². The fourth-order valence-corrected chi connectivity index (χ4v) is 1.94. The van der Waals surface area contributed by atoms with Crippen LogP contribution < -0.4 is 10.1 Å². The Kier molecular flexibility index (Phi) is 5.20. The molecular formula is C13H17ClN4O2. The lowest BCUT2D eigenvalue weighted by Gasteiger charge is -2.10. The average molecular weight is 297 g/mol. The molecule has 0 spiro atoms. The van der Waals surface area contributed by atoms with Gasteiger partial charge in [-0.15, -0.1) is 5.10 Å². The highest BCUT2D eigenvalue weighted by Gasteiger charge is 2.05. The first-order valence-corrected chi connectivity index (χ1v) is 6.68. The smallest absolute Gasteiger partial charge is 0.142 e. The summed E-state index contributed by atoms with van der Waals surface area (Å²) in [5.74, 6) is 0.724. The quantitative estimate of drug-likeness (QED) is 0.817. The number of rotatable bonds is 7. The Morgan fingerprint density at radius 3 is 3.05 bits per heavy atom. The molecule has 0 saturated heterocycles. The van der Waals surface area contributed by atoms with Gasteiger partial charge in [-0.1, -0.05) is 16.8 Å². The first-order valence-electron chi connectivity index (χ1n) is 6.30. The van der Waals surface area contributed by atoms with Gasteiger partial charge in [0.1, 0.15) is 11.4 Å². The van der Waals surface area contributed by atoms with Crippen molar-refractivity contribution in [2.45, 2.75) is 19.5 Å². The van der Waals surface area contributed by atoms with Crippen LogP contribution in [-0.4, -0.2) is 33.8 Å². The molecule has 1 heterocycles. The highest BCUT2D eigenvalue weighted by atomic mass is 35.5. The van der Waals surface area contributed by atoms with Crippen LogP contribution in [0.3, 0.4) is 0 Å². The fraction of sp³-hybridized carbons (Fsp3) is 0.385. The predicted octanol–water partition coefficient (Wildman–Crippen LogP) is 1.93. The van der Waals surface area contributed by atoms with Crippen molar-refractivity contribution in [3.05, 3.63) is 35.1 Å². The summed E-state index contributed by atoms with van der Waals surface area (Å²) in [5.41, 5.74) is 1.62. The average Bonchev–Trinajstić information content (AvgIpc) is 2.91. The molecular weight excluding hydrogens is 280 g/mol. The summed E-state index contributed by atoms with van der Waals surface area (Å²) in [5, 5.41) is 20.7. The molecule has 0 amide bonds. The van der Waals surface area contributed by atoms with Crippen LogP contribution in [0.1, 0.15) is 12.1 Å². The molecule has 1 aromatic heterocycles. The molecule has 7 heteroatoms. The van der Waals surface area contributed by atoms with Gasteiger partial charge in [0.25, 0.3) is 0 Å². The Balaban J connectivity index is 1.98. The van der Waals surface area contributed by atoms with E-state index in [0.717, 1.165) is 17.1 Å². The Labute approximate surface area is 122 Å². The molecule has 2 N–H and O–H groups in total. The van der Waals surface area contributed by atoms with E-state index in [1.165, 1.54) is 0 Å². The SMILES string of the molecule is COc1ccc(Cl)cc1NCc1cn(CCCO)nn1. The molecule has 20 heavy (non-hydrogen) atoms. The van der Waals surface area contributed by atoms with Crippen LogP contribution in [0.2, 0.25) is 5.02 Å². The lowest BCUT2D eigenvalue weighted by atomic mass is 10.3. The van der Waals surface area contributed by atoms with Crippen molar-refractivity contribution in [3.63, 3.8) is 0 Å². The van der Waals surface area contributed by atoms with E-state index in [-0.39, 0.29) is 6.61 Å². The Hall–Kier alpha value is -1.79. The van der Waals surface area contributed by atoms with Crippen LogP contribution in [-0.2, 0) is 13.1 Å². The third kappa shape index (κ3) is 3.85. The second-order valence-electron chi connectivity index (χ2n) is 4.25. The van der Waals surface area contributed by atoms with Crippen LogP contribution in [0.5, 0.6) is 5.75 Å². The maximum Gasteiger partial charge on any atom is 0.142 e. The lowest BCUT2D eigenvalue weighted by molar-refractivity contribution is 0.276. The summed E-state index contributed by atoms with van der Waals surface area (Å²) in [6.45, 7) is 1.33. The molecule has 0 aliphatic heterocycles. The van der Waals surface area contributed by atoms with Gasteiger partial charge in [0.05, 0.1) is 25.5 Å². The minimum absolute atomic E-state index is 0.146. The van der Waals surface area contributed by atoms with Crippen LogP contribution in [0.25, 0.3) is 0 Å². The number of nitrogens with zero attached hydrogens (tertiary/aromatic N) is 3. The number of aryl methyl sites for hydroxylation is 1. The van der Waals surface area contributed by atoms with E-state index in [1.807, 2.05) is 12.3 Å². The first kappa shape index (κ1) is 14.6. The van der Waals surface area contributed by atoms with Crippen molar-refractivity contribution in [1.82, 2.24) is 15.0 Å². The zero-order chi connectivity index (χ0) is 14.4. The minimum Gasteiger partial charge on any atom is -0.495 e. The van der Waals surface area contributed by atoms with Crippen LogP contribution >= 0.6 is 11.6 Å². The summed E-state index contributed by atoms with van der Waals surface area (Å²) in [6, 6.07) is 5.38. The van der Waals surface area contributed by atoms with Crippen molar-refractivity contribution >= 4 is 17.3 Å². The van der Waals surface area contributed by atoms with E-state index >= 15 is 0 Å². The maximum atomic E-state index is 8.77. The number of aromatic nitrogens is 3. The monoisotopic (exact) mass is 296 g/mol. The van der Waals surface area contributed by atoms with E-state index < -0.39 is 0 Å². The molecule has 108 valence electrons. The molecule has 2 rings (SSSR count). The van der Waals surface area contributed by atoms with Crippen molar-refractivity contribution < 1.29 is 9.84 Å². The van der Waals surface area contributed by atoms with Gasteiger partial charge >= 0.3 is 0 Å². The van der Waals surface area contributed by atoms with Crippen LogP contribution in [0.15, 0.2) is 24.4 Å². The number of anilines is 1. The zero-order valence-corrected chi connectivity index (χ0v) is 12.0. The Morgan fingerprint density at radius 1 is 1.45 bits per heavy atom. The van der Waals surface area contributed by atoms with Gasteiger partial charge in [-0.05, 0) is 24.6 Å². The normalized spacial score (nSPS) is 10.6. The van der Waals surface area contributed by atoms with E-state index in [9.17, 15) is 0 Å². The molecule has 6 nitrogen and oxygen atoms in total. The molecule has 1 aromatic carbocycles. The molecule has 2 aromatic rings. The highest BCUT2D eigenvalue weighted by molar-refractivity contribution is 6.30. The largest absolute Gasteiger partial charge is 0.495 e. The summed E-state index contributed by atoms with van der Waals surface area (Å²) < 4.78 is 6.97. The summed E-state index contributed by atoms with van der Waals surface area (Å²) in [7, 11) is 1.61. The number of methoxy groups -OCH3 is 1. The second-order valence-corrected chi connectivity index (χ2v) is 4.68. The molecule has 0 aliphatic rings. The number of ether oxygens (including phenoxy) is 1. The van der Waals surface area contributed by atoms with Gasteiger partial charge in [0.2, 0.25) is 0 Å². The third-order valence-electron chi connectivity index (χ3n) is 2.75. The predicted molar refractivity (Wildman–Crippen MR) is 77.1 cm³/mol. The summed E-state index contributed by atoms with van der Waals surface area (Å²) >= 11 is 5.97. The molecule has 0 bridgehead atoms. The Morgan fingerprint density at radius 2 is 2.30 bits per heavy atom.